The highest BCUT2D eigenvalue weighted by Crippen LogP contribution is 2.47. The van der Waals surface area contributed by atoms with Gasteiger partial charge >= 0.3 is 5.97 Å². The molecular weight excluding hydrogens is 423 g/mol. The lowest BCUT2D eigenvalue weighted by molar-refractivity contribution is -0.137. The number of nitrogens with zero attached hydrogens (tertiary/aromatic N) is 3. The fraction of sp³-hybridized carbons (Fsp3) is 0.400. The zero-order chi connectivity index (χ0) is 22.8. The highest BCUT2D eigenvalue weighted by atomic mass is 19.1. The van der Waals surface area contributed by atoms with Gasteiger partial charge in [-0.05, 0) is 54.7 Å². The van der Waals surface area contributed by atoms with Gasteiger partial charge in [0.2, 0.25) is 0 Å². The van der Waals surface area contributed by atoms with Crippen LogP contribution in [0.2, 0.25) is 0 Å². The molecule has 5 rings (SSSR count). The van der Waals surface area contributed by atoms with E-state index in [0.29, 0.717) is 43.3 Å². The lowest BCUT2D eigenvalue weighted by atomic mass is 9.71. The van der Waals surface area contributed by atoms with Crippen molar-refractivity contribution in [3.8, 4) is 0 Å². The van der Waals surface area contributed by atoms with Crippen molar-refractivity contribution in [1.29, 1.82) is 0 Å². The molecule has 1 aliphatic carbocycles. The minimum Gasteiger partial charge on any atom is -0.466 e. The minimum atomic E-state index is -0.964. The number of hydrogen-bond acceptors (Lipinski definition) is 7. The number of carbonyl (C=O) groups excluding carboxylic acids is 1. The van der Waals surface area contributed by atoms with E-state index in [1.54, 1.807) is 18.3 Å². The average Bonchev–Trinajstić information content (AvgIpc) is 2.84. The van der Waals surface area contributed by atoms with Crippen molar-refractivity contribution < 1.29 is 18.7 Å². The monoisotopic (exact) mass is 450 g/mol. The van der Waals surface area contributed by atoms with Crippen LogP contribution in [0.1, 0.15) is 29.7 Å². The molecule has 172 valence electrons. The number of hydrogen-bond donors (Lipinski definition) is 1. The van der Waals surface area contributed by atoms with Crippen LogP contribution in [0.3, 0.4) is 0 Å². The predicted molar refractivity (Wildman–Crippen MR) is 121 cm³/mol. The predicted octanol–water partition coefficient (Wildman–Crippen LogP) is 2.56. The molecule has 1 N–H and O–H groups in total. The molecule has 1 aromatic heterocycles. The summed E-state index contributed by atoms with van der Waals surface area (Å²) in [4.78, 5) is 25.2. The highest BCUT2D eigenvalue weighted by Gasteiger charge is 2.48. The van der Waals surface area contributed by atoms with Crippen molar-refractivity contribution in [3.63, 3.8) is 0 Å². The van der Waals surface area contributed by atoms with Crippen molar-refractivity contribution >= 4 is 11.8 Å². The Kier molecular flexibility index (Phi) is 5.95. The van der Waals surface area contributed by atoms with E-state index in [2.05, 4.69) is 15.2 Å². The first-order valence-corrected chi connectivity index (χ1v) is 11.3. The molecular formula is C25H27FN4O3. The van der Waals surface area contributed by atoms with E-state index in [1.165, 1.54) is 13.2 Å². The van der Waals surface area contributed by atoms with Crippen LogP contribution in [0.5, 0.6) is 0 Å². The topological polar surface area (TPSA) is 76.0 Å². The summed E-state index contributed by atoms with van der Waals surface area (Å²) in [6, 6.07) is 10.4. The molecule has 3 heterocycles. The second kappa shape index (κ2) is 9.03. The Balaban J connectivity index is 1.71. The number of aliphatic imine (C=N–C) groups is 1. The first kappa shape index (κ1) is 21.7. The number of halogens is 1. The van der Waals surface area contributed by atoms with Crippen LogP contribution in [0.4, 0.5) is 4.39 Å². The SMILES string of the molecule is COC(=O)C1=C(CN2CCOCC2)NC(c2ccccn2)=NC12CCCc1cc(F)ccc12. The van der Waals surface area contributed by atoms with Crippen LogP contribution in [0, 0.1) is 5.82 Å². The third-order valence-corrected chi connectivity index (χ3v) is 6.57. The number of amidine groups is 1. The van der Waals surface area contributed by atoms with Crippen LogP contribution < -0.4 is 5.32 Å². The summed E-state index contributed by atoms with van der Waals surface area (Å²) in [5.74, 6) is -0.110. The molecule has 2 aromatic rings. The number of carbonyl (C=O) groups is 1. The van der Waals surface area contributed by atoms with E-state index in [0.717, 1.165) is 42.8 Å². The average molecular weight is 451 g/mol. The van der Waals surface area contributed by atoms with Crippen molar-refractivity contribution in [3.05, 3.63) is 76.5 Å². The zero-order valence-corrected chi connectivity index (χ0v) is 18.6. The number of rotatable bonds is 4. The Morgan fingerprint density at radius 3 is 2.88 bits per heavy atom. The summed E-state index contributed by atoms with van der Waals surface area (Å²) in [6.45, 7) is 3.36. The molecule has 1 spiro atoms. The number of aromatic nitrogens is 1. The number of methoxy groups -OCH3 is 1. The van der Waals surface area contributed by atoms with Gasteiger partial charge in [0.25, 0.3) is 0 Å². The number of morpholine rings is 1. The van der Waals surface area contributed by atoms with Crippen LogP contribution in [0.25, 0.3) is 0 Å². The Bertz CT molecular complexity index is 1110. The summed E-state index contributed by atoms with van der Waals surface area (Å²) in [5.41, 5.74) is 2.69. The van der Waals surface area contributed by atoms with Crippen LogP contribution in [-0.2, 0) is 26.2 Å². The second-order valence-corrected chi connectivity index (χ2v) is 8.55. The van der Waals surface area contributed by atoms with Crippen molar-refractivity contribution in [1.82, 2.24) is 15.2 Å². The maximum atomic E-state index is 14.1. The number of aryl methyl sites for hydroxylation is 1. The van der Waals surface area contributed by atoms with Gasteiger partial charge in [0.05, 0.1) is 25.9 Å². The van der Waals surface area contributed by atoms with Crippen molar-refractivity contribution in [2.24, 2.45) is 4.99 Å². The van der Waals surface area contributed by atoms with Gasteiger partial charge in [-0.3, -0.25) is 9.88 Å². The molecule has 1 saturated heterocycles. The third kappa shape index (κ3) is 4.05. The zero-order valence-electron chi connectivity index (χ0n) is 18.6. The minimum absolute atomic E-state index is 0.286. The van der Waals surface area contributed by atoms with Gasteiger partial charge in [0.15, 0.2) is 5.84 Å². The molecule has 7 nitrogen and oxygen atoms in total. The molecule has 1 atom stereocenters. The van der Waals surface area contributed by atoms with E-state index >= 15 is 0 Å². The van der Waals surface area contributed by atoms with Gasteiger partial charge in [-0.1, -0.05) is 12.1 Å². The molecule has 1 aromatic carbocycles. The number of pyridine rings is 1. The maximum absolute atomic E-state index is 14.1. The summed E-state index contributed by atoms with van der Waals surface area (Å²) < 4.78 is 24.9. The number of benzene rings is 1. The molecule has 0 amide bonds. The van der Waals surface area contributed by atoms with E-state index < -0.39 is 11.5 Å². The molecule has 33 heavy (non-hydrogen) atoms. The Morgan fingerprint density at radius 2 is 2.12 bits per heavy atom. The number of ether oxygens (including phenoxy) is 2. The smallest absolute Gasteiger partial charge is 0.338 e. The lowest BCUT2D eigenvalue weighted by Gasteiger charge is -2.42. The van der Waals surface area contributed by atoms with Gasteiger partial charge in [-0.15, -0.1) is 0 Å². The fourth-order valence-corrected chi connectivity index (χ4v) is 5.07. The summed E-state index contributed by atoms with van der Waals surface area (Å²) >= 11 is 0. The molecule has 2 aliphatic heterocycles. The number of fused-ring (bicyclic) bond motifs is 2. The first-order valence-electron chi connectivity index (χ1n) is 11.3. The van der Waals surface area contributed by atoms with Gasteiger partial charge in [0, 0.05) is 31.5 Å². The fourth-order valence-electron chi connectivity index (χ4n) is 5.07. The van der Waals surface area contributed by atoms with E-state index in [-0.39, 0.29) is 5.82 Å². The molecule has 0 bridgehead atoms. The molecule has 3 aliphatic rings. The van der Waals surface area contributed by atoms with Crippen LogP contribution in [-0.4, -0.2) is 61.6 Å². The number of nitrogens with one attached hydrogen (secondary N) is 1. The standard InChI is InChI=1S/C25H27FN4O3/c1-32-24(31)22-21(16-30-11-13-33-14-12-30)28-23(20-6-2-3-10-27-20)29-25(22)9-4-5-17-15-18(26)7-8-19(17)25/h2-3,6-8,10,15H,4-5,9,11-14,16H2,1H3,(H,28,29). The first-order chi connectivity index (χ1) is 16.1. The quantitative estimate of drug-likeness (QED) is 0.722. The van der Waals surface area contributed by atoms with Crippen molar-refractivity contribution in [2.75, 3.05) is 40.0 Å². The second-order valence-electron chi connectivity index (χ2n) is 8.55. The Hall–Kier alpha value is -3.10. The van der Waals surface area contributed by atoms with Crippen molar-refractivity contribution in [2.45, 2.75) is 24.8 Å². The van der Waals surface area contributed by atoms with Gasteiger partial charge in [-0.2, -0.15) is 0 Å². The van der Waals surface area contributed by atoms with E-state index in [1.807, 2.05) is 18.2 Å². The maximum Gasteiger partial charge on any atom is 0.338 e. The molecule has 1 fully saturated rings. The number of esters is 1. The summed E-state index contributed by atoms with van der Waals surface area (Å²) in [5, 5.41) is 3.41. The Morgan fingerprint density at radius 1 is 1.27 bits per heavy atom. The molecule has 0 saturated carbocycles. The summed E-state index contributed by atoms with van der Waals surface area (Å²) in [7, 11) is 1.39. The van der Waals surface area contributed by atoms with E-state index in [9.17, 15) is 9.18 Å². The molecule has 8 heteroatoms. The molecule has 1 unspecified atom stereocenters. The normalized spacial score (nSPS) is 23.0. The largest absolute Gasteiger partial charge is 0.466 e. The van der Waals surface area contributed by atoms with Gasteiger partial charge < -0.3 is 14.8 Å². The van der Waals surface area contributed by atoms with E-state index in [4.69, 9.17) is 14.5 Å². The van der Waals surface area contributed by atoms with Gasteiger partial charge in [0.1, 0.15) is 17.1 Å². The molecule has 0 radical (unpaired) electrons. The lowest BCUT2D eigenvalue weighted by Crippen LogP contribution is -2.48. The highest BCUT2D eigenvalue weighted by molar-refractivity contribution is 6.03. The van der Waals surface area contributed by atoms with Gasteiger partial charge in [-0.25, -0.2) is 14.2 Å². The summed E-state index contributed by atoms with van der Waals surface area (Å²) in [6.07, 6.45) is 3.86. The van der Waals surface area contributed by atoms with Crippen LogP contribution >= 0.6 is 0 Å². The third-order valence-electron chi connectivity index (χ3n) is 6.57. The Labute approximate surface area is 192 Å². The van der Waals surface area contributed by atoms with Crippen LogP contribution in [0.15, 0.2) is 58.9 Å².